The molecule has 0 saturated carbocycles. The first-order chi connectivity index (χ1) is 4.50. The standard InChI is InChI=1S/C6H10O3/c1-2-4-6-8-9-7-5-3-1/h1,3H,2,4-6H2/b3-1-. The maximum absolute atomic E-state index is 4.59. The van der Waals surface area contributed by atoms with Gasteiger partial charge in [0.1, 0.15) is 6.61 Å². The van der Waals surface area contributed by atoms with Crippen molar-refractivity contribution in [2.75, 3.05) is 13.2 Å². The van der Waals surface area contributed by atoms with Crippen LogP contribution in [0.1, 0.15) is 12.8 Å². The van der Waals surface area contributed by atoms with Gasteiger partial charge in [-0.25, -0.2) is 9.78 Å². The molecule has 0 saturated heterocycles. The molecule has 0 aromatic rings. The van der Waals surface area contributed by atoms with E-state index in [1.54, 1.807) is 0 Å². The Balaban J connectivity index is 2.15. The molecule has 52 valence electrons. The van der Waals surface area contributed by atoms with E-state index in [0.717, 1.165) is 12.8 Å². The van der Waals surface area contributed by atoms with E-state index >= 15 is 0 Å². The first kappa shape index (κ1) is 6.74. The summed E-state index contributed by atoms with van der Waals surface area (Å²) in [6, 6.07) is 0. The molecule has 1 heterocycles. The molecule has 0 unspecified atom stereocenters. The highest BCUT2D eigenvalue weighted by molar-refractivity contribution is 4.80. The highest BCUT2D eigenvalue weighted by atomic mass is 17.5. The van der Waals surface area contributed by atoms with E-state index < -0.39 is 0 Å². The zero-order chi connectivity index (χ0) is 6.36. The summed E-state index contributed by atoms with van der Waals surface area (Å²) in [5, 5.41) is 4.30. The first-order valence-corrected chi connectivity index (χ1v) is 3.06. The van der Waals surface area contributed by atoms with Crippen LogP contribution in [0.2, 0.25) is 0 Å². The van der Waals surface area contributed by atoms with Crippen LogP contribution >= 0.6 is 0 Å². The largest absolute Gasteiger partial charge is 0.206 e. The lowest BCUT2D eigenvalue weighted by Gasteiger charge is -1.96. The minimum Gasteiger partial charge on any atom is -0.206 e. The van der Waals surface area contributed by atoms with Gasteiger partial charge < -0.3 is 0 Å². The normalized spacial score (nSPS) is 25.8. The van der Waals surface area contributed by atoms with E-state index in [1.807, 2.05) is 6.08 Å². The molecule has 0 aromatic heterocycles. The van der Waals surface area contributed by atoms with Crippen LogP contribution in [0.4, 0.5) is 0 Å². The summed E-state index contributed by atoms with van der Waals surface area (Å²) in [6.07, 6.45) is 5.99. The maximum atomic E-state index is 4.59. The predicted molar refractivity (Wildman–Crippen MR) is 31.4 cm³/mol. The van der Waals surface area contributed by atoms with Crippen LogP contribution < -0.4 is 0 Å². The van der Waals surface area contributed by atoms with Crippen LogP contribution in [0.3, 0.4) is 0 Å². The predicted octanol–water partition coefficient (Wildman–Crippen LogP) is 1.22. The number of allylic oxidation sites excluding steroid dienone is 1. The fraction of sp³-hybridized carbons (Fsp3) is 0.667. The van der Waals surface area contributed by atoms with Crippen molar-refractivity contribution in [1.29, 1.82) is 0 Å². The number of hydrogen-bond acceptors (Lipinski definition) is 3. The SMILES string of the molecule is C1=C\COOOCCC/1. The van der Waals surface area contributed by atoms with Crippen molar-refractivity contribution in [3.05, 3.63) is 12.2 Å². The molecule has 1 aliphatic rings. The number of hydrogen-bond donors (Lipinski definition) is 0. The third kappa shape index (κ3) is 3.24. The molecule has 0 radical (unpaired) electrons. The molecule has 0 bridgehead atoms. The zero-order valence-corrected chi connectivity index (χ0v) is 5.21. The lowest BCUT2D eigenvalue weighted by atomic mass is 10.3. The molecule has 0 atom stereocenters. The van der Waals surface area contributed by atoms with Gasteiger partial charge in [0.05, 0.1) is 6.61 Å². The van der Waals surface area contributed by atoms with E-state index in [2.05, 4.69) is 20.9 Å². The van der Waals surface area contributed by atoms with Crippen LogP contribution in [0.25, 0.3) is 0 Å². The Hall–Kier alpha value is -0.380. The summed E-state index contributed by atoms with van der Waals surface area (Å²) in [5.41, 5.74) is 0. The van der Waals surface area contributed by atoms with Gasteiger partial charge in [-0.15, -0.1) is 0 Å². The van der Waals surface area contributed by atoms with Crippen LogP contribution in [-0.2, 0) is 14.8 Å². The van der Waals surface area contributed by atoms with Crippen molar-refractivity contribution in [2.24, 2.45) is 0 Å². The Kier molecular flexibility index (Phi) is 3.36. The summed E-state index contributed by atoms with van der Waals surface area (Å²) >= 11 is 0. The van der Waals surface area contributed by atoms with Crippen LogP contribution in [-0.4, -0.2) is 13.2 Å². The fourth-order valence-corrected chi connectivity index (χ4v) is 0.581. The summed E-state index contributed by atoms with van der Waals surface area (Å²) in [6.45, 7) is 1.07. The van der Waals surface area contributed by atoms with Crippen molar-refractivity contribution in [1.82, 2.24) is 0 Å². The second-order valence-electron chi connectivity index (χ2n) is 1.79. The molecule has 0 spiro atoms. The second-order valence-corrected chi connectivity index (χ2v) is 1.79. The Morgan fingerprint density at radius 2 is 2.11 bits per heavy atom. The van der Waals surface area contributed by atoms with Gasteiger partial charge in [-0.2, -0.15) is 0 Å². The van der Waals surface area contributed by atoms with Gasteiger partial charge in [0.25, 0.3) is 0 Å². The Morgan fingerprint density at radius 3 is 3.11 bits per heavy atom. The summed E-state index contributed by atoms with van der Waals surface area (Å²) in [4.78, 5) is 9.14. The van der Waals surface area contributed by atoms with E-state index in [0.29, 0.717) is 13.2 Å². The summed E-state index contributed by atoms with van der Waals surface area (Å²) < 4.78 is 0. The molecular weight excluding hydrogens is 120 g/mol. The molecule has 0 aliphatic carbocycles. The summed E-state index contributed by atoms with van der Waals surface area (Å²) in [7, 11) is 0. The molecule has 1 rings (SSSR count). The van der Waals surface area contributed by atoms with E-state index in [-0.39, 0.29) is 0 Å². The highest BCUT2D eigenvalue weighted by Crippen LogP contribution is 1.96. The highest BCUT2D eigenvalue weighted by Gasteiger charge is 1.90. The first-order valence-electron chi connectivity index (χ1n) is 3.06. The quantitative estimate of drug-likeness (QED) is 0.364. The van der Waals surface area contributed by atoms with Gasteiger partial charge in [-0.05, 0) is 12.8 Å². The Morgan fingerprint density at radius 1 is 1.11 bits per heavy atom. The van der Waals surface area contributed by atoms with Gasteiger partial charge in [-0.3, -0.25) is 0 Å². The van der Waals surface area contributed by atoms with Gasteiger partial charge in [-0.1, -0.05) is 17.2 Å². The maximum Gasteiger partial charge on any atom is 0.104 e. The fourth-order valence-electron chi connectivity index (χ4n) is 0.581. The minimum atomic E-state index is 0.472. The summed E-state index contributed by atoms with van der Waals surface area (Å²) in [5.74, 6) is 0. The van der Waals surface area contributed by atoms with E-state index in [1.165, 1.54) is 0 Å². The third-order valence-electron chi connectivity index (χ3n) is 1.03. The van der Waals surface area contributed by atoms with Gasteiger partial charge >= 0.3 is 0 Å². The molecule has 0 amide bonds. The smallest absolute Gasteiger partial charge is 0.104 e. The lowest BCUT2D eigenvalue weighted by molar-refractivity contribution is -0.508. The monoisotopic (exact) mass is 130 g/mol. The molecule has 0 N–H and O–H groups in total. The van der Waals surface area contributed by atoms with Gasteiger partial charge in [0.2, 0.25) is 0 Å². The molecule has 3 nitrogen and oxygen atoms in total. The van der Waals surface area contributed by atoms with Crippen molar-refractivity contribution >= 4 is 0 Å². The molecule has 9 heavy (non-hydrogen) atoms. The van der Waals surface area contributed by atoms with Crippen LogP contribution in [0, 0.1) is 0 Å². The average molecular weight is 130 g/mol. The topological polar surface area (TPSA) is 27.7 Å². The number of rotatable bonds is 0. The minimum absolute atomic E-state index is 0.472. The average Bonchev–Trinajstić information content (AvgIpc) is 2.00. The van der Waals surface area contributed by atoms with Crippen molar-refractivity contribution < 1.29 is 14.8 Å². The molecule has 0 fully saturated rings. The molecule has 3 heteroatoms. The van der Waals surface area contributed by atoms with E-state index in [4.69, 9.17) is 0 Å². The van der Waals surface area contributed by atoms with Crippen molar-refractivity contribution in [3.63, 3.8) is 0 Å². The van der Waals surface area contributed by atoms with Crippen LogP contribution in [0.15, 0.2) is 12.2 Å². The van der Waals surface area contributed by atoms with Crippen molar-refractivity contribution in [3.8, 4) is 0 Å². The molecule has 1 aliphatic heterocycles. The molecular formula is C6H10O3. The van der Waals surface area contributed by atoms with Gasteiger partial charge in [0.15, 0.2) is 0 Å². The Labute approximate surface area is 54.1 Å². The molecule has 0 aromatic carbocycles. The zero-order valence-electron chi connectivity index (χ0n) is 5.21. The van der Waals surface area contributed by atoms with Gasteiger partial charge in [0, 0.05) is 0 Å². The second kappa shape index (κ2) is 4.49. The van der Waals surface area contributed by atoms with Crippen molar-refractivity contribution in [2.45, 2.75) is 12.8 Å². The Bertz CT molecular complexity index is 80.3. The lowest BCUT2D eigenvalue weighted by Crippen LogP contribution is -1.96. The third-order valence-corrected chi connectivity index (χ3v) is 1.03. The van der Waals surface area contributed by atoms with Crippen LogP contribution in [0.5, 0.6) is 0 Å². The van der Waals surface area contributed by atoms with E-state index in [9.17, 15) is 0 Å².